The first-order valence-electron chi connectivity index (χ1n) is 6.19. The molecule has 0 atom stereocenters. The van der Waals surface area contributed by atoms with E-state index in [-0.39, 0.29) is 7.12 Å². The first kappa shape index (κ1) is 11.8. The number of nitrogens with zero attached hydrogens (tertiary/aromatic N) is 6. The highest BCUT2D eigenvalue weighted by molar-refractivity contribution is 6.52. The maximum absolute atomic E-state index is 4.48. The average molecular weight is 254 g/mol. The van der Waals surface area contributed by atoms with Crippen molar-refractivity contribution in [3.63, 3.8) is 0 Å². The molecule has 0 aliphatic heterocycles. The molecule has 7 heteroatoms. The van der Waals surface area contributed by atoms with Gasteiger partial charge in [0.05, 0.1) is 17.1 Å². The molecule has 0 aliphatic rings. The van der Waals surface area contributed by atoms with Gasteiger partial charge in [-0.05, 0) is 57.6 Å². The zero-order valence-corrected chi connectivity index (χ0v) is 11.2. The van der Waals surface area contributed by atoms with Gasteiger partial charge in [0.25, 0.3) is 7.12 Å². The van der Waals surface area contributed by atoms with Gasteiger partial charge in [-0.15, -0.1) is 0 Å². The van der Waals surface area contributed by atoms with Gasteiger partial charge in [0.1, 0.15) is 0 Å². The fourth-order valence-corrected chi connectivity index (χ4v) is 2.05. The quantitative estimate of drug-likeness (QED) is 0.658. The molecular weight excluding hydrogens is 239 g/mol. The summed E-state index contributed by atoms with van der Waals surface area (Å²) < 4.78 is 5.57. The first-order chi connectivity index (χ1) is 9.13. The van der Waals surface area contributed by atoms with Gasteiger partial charge in [0, 0.05) is 0 Å². The molecule has 0 aromatic carbocycles. The smallest absolute Gasteiger partial charge is 0.260 e. The lowest BCUT2D eigenvalue weighted by Crippen LogP contribution is -2.43. The van der Waals surface area contributed by atoms with Crippen LogP contribution in [0.1, 0.15) is 17.1 Å². The Balaban J connectivity index is 2.10. The molecule has 6 nitrogen and oxygen atoms in total. The fourth-order valence-electron chi connectivity index (χ4n) is 2.05. The molecule has 0 fully saturated rings. The molecule has 0 unspecified atom stereocenters. The topological polar surface area (TPSA) is 53.5 Å². The predicted octanol–water partition coefficient (Wildman–Crippen LogP) is 1.13. The van der Waals surface area contributed by atoms with Crippen molar-refractivity contribution < 1.29 is 0 Å². The lowest BCUT2D eigenvalue weighted by Gasteiger charge is -2.29. The Bertz CT molecular complexity index is 599. The van der Waals surface area contributed by atoms with Crippen molar-refractivity contribution in [3.05, 3.63) is 53.9 Å². The Morgan fingerprint density at radius 2 is 1.00 bits per heavy atom. The highest BCUT2D eigenvalue weighted by atomic mass is 15.4. The number of aromatic nitrogens is 6. The highest BCUT2D eigenvalue weighted by Gasteiger charge is 2.10. The number of aryl methyl sites for hydroxylation is 3. The van der Waals surface area contributed by atoms with Crippen LogP contribution in [0.4, 0.5) is 0 Å². The van der Waals surface area contributed by atoms with Crippen LogP contribution in [-0.2, 0) is 0 Å². The zero-order chi connectivity index (χ0) is 13.4. The fraction of sp³-hybridized carbons (Fsp3) is 0.250. The van der Waals surface area contributed by atoms with Gasteiger partial charge in [-0.1, -0.05) is 0 Å². The van der Waals surface area contributed by atoms with Crippen molar-refractivity contribution in [2.45, 2.75) is 20.8 Å². The first-order valence-corrected chi connectivity index (χ1v) is 6.19. The normalized spacial score (nSPS) is 11.4. The molecule has 0 N–H and O–H groups in total. The van der Waals surface area contributed by atoms with Crippen molar-refractivity contribution >= 4 is 7.12 Å². The third-order valence-corrected chi connectivity index (χ3v) is 2.93. The van der Waals surface area contributed by atoms with Crippen LogP contribution in [0.15, 0.2) is 36.8 Å². The molecule has 3 aromatic rings. The molecule has 0 amide bonds. The number of rotatable bonds is 3. The van der Waals surface area contributed by atoms with E-state index in [2.05, 4.69) is 15.3 Å². The van der Waals surface area contributed by atoms with Crippen molar-refractivity contribution in [2.75, 3.05) is 0 Å². The van der Waals surface area contributed by atoms with E-state index >= 15 is 0 Å². The van der Waals surface area contributed by atoms with Crippen LogP contribution in [0, 0.1) is 20.8 Å². The third kappa shape index (κ3) is 2.19. The predicted molar refractivity (Wildman–Crippen MR) is 72.8 cm³/mol. The Kier molecular flexibility index (Phi) is 2.74. The largest absolute Gasteiger partial charge is 0.425 e. The van der Waals surface area contributed by atoms with Crippen molar-refractivity contribution in [1.82, 2.24) is 29.1 Å². The molecule has 3 aromatic heterocycles. The Labute approximate surface area is 111 Å². The third-order valence-electron chi connectivity index (χ3n) is 2.93. The molecule has 0 spiro atoms. The maximum atomic E-state index is 4.48. The molecule has 0 saturated heterocycles. The Morgan fingerprint density at radius 3 is 1.21 bits per heavy atom. The van der Waals surface area contributed by atoms with E-state index in [0.717, 1.165) is 17.1 Å². The van der Waals surface area contributed by atoms with E-state index in [4.69, 9.17) is 0 Å². The van der Waals surface area contributed by atoms with Gasteiger partial charge in [-0.3, -0.25) is 0 Å². The van der Waals surface area contributed by atoms with E-state index in [1.54, 1.807) is 0 Å². The monoisotopic (exact) mass is 254 g/mol. The minimum absolute atomic E-state index is 0.212. The van der Waals surface area contributed by atoms with E-state index in [9.17, 15) is 0 Å². The molecule has 1 radical (unpaired) electrons. The summed E-state index contributed by atoms with van der Waals surface area (Å²) in [4.78, 5) is 0. The van der Waals surface area contributed by atoms with E-state index in [0.29, 0.717) is 0 Å². The van der Waals surface area contributed by atoms with Gasteiger partial charge in [-0.25, -0.2) is 15.3 Å². The van der Waals surface area contributed by atoms with Crippen LogP contribution in [0.25, 0.3) is 0 Å². The molecule has 19 heavy (non-hydrogen) atoms. The van der Waals surface area contributed by atoms with Crippen molar-refractivity contribution in [1.29, 1.82) is 0 Å². The van der Waals surface area contributed by atoms with E-state index in [1.807, 2.05) is 71.3 Å². The van der Waals surface area contributed by atoms with Crippen LogP contribution >= 0.6 is 0 Å². The number of hydrogen-bond acceptors (Lipinski definition) is 3. The highest BCUT2D eigenvalue weighted by Crippen LogP contribution is 2.03. The van der Waals surface area contributed by atoms with Gasteiger partial charge in [0.2, 0.25) is 0 Å². The summed E-state index contributed by atoms with van der Waals surface area (Å²) >= 11 is 0. The van der Waals surface area contributed by atoms with Crippen LogP contribution in [0.2, 0.25) is 0 Å². The lowest BCUT2D eigenvalue weighted by molar-refractivity contribution is 0.758. The van der Waals surface area contributed by atoms with E-state index < -0.39 is 0 Å². The molecule has 0 aliphatic carbocycles. The van der Waals surface area contributed by atoms with Gasteiger partial charge >= 0.3 is 0 Å². The second kappa shape index (κ2) is 4.42. The number of hydrogen-bond donors (Lipinski definition) is 0. The van der Waals surface area contributed by atoms with Crippen molar-refractivity contribution in [3.8, 4) is 0 Å². The Hall–Kier alpha value is -2.31. The second-order valence-corrected chi connectivity index (χ2v) is 4.66. The molecule has 3 heterocycles. The van der Waals surface area contributed by atoms with Crippen LogP contribution in [0.5, 0.6) is 0 Å². The summed E-state index contributed by atoms with van der Waals surface area (Å²) in [5.41, 5.74) is 2.91. The molecular formula is C12H15BN6-. The summed E-state index contributed by atoms with van der Waals surface area (Å²) in [5, 5.41) is 13.4. The summed E-state index contributed by atoms with van der Waals surface area (Å²) in [7, 11) is -0.212. The van der Waals surface area contributed by atoms with Crippen LogP contribution in [0.3, 0.4) is 0 Å². The van der Waals surface area contributed by atoms with Crippen LogP contribution in [-0.4, -0.2) is 36.2 Å². The van der Waals surface area contributed by atoms with Crippen molar-refractivity contribution in [2.24, 2.45) is 0 Å². The average Bonchev–Trinajstić information content (AvgIpc) is 3.05. The molecule has 0 saturated carbocycles. The summed E-state index contributed by atoms with van der Waals surface area (Å²) in [6.45, 7) is 5.91. The molecule has 0 bridgehead atoms. The summed E-state index contributed by atoms with van der Waals surface area (Å²) in [5.74, 6) is 0. The van der Waals surface area contributed by atoms with Gasteiger partial charge in [-0.2, -0.15) is 0 Å². The van der Waals surface area contributed by atoms with Gasteiger partial charge < -0.3 is 13.8 Å². The van der Waals surface area contributed by atoms with Crippen LogP contribution < -0.4 is 0 Å². The molecule has 97 valence electrons. The second-order valence-electron chi connectivity index (χ2n) is 4.66. The van der Waals surface area contributed by atoms with Gasteiger partial charge in [0.15, 0.2) is 0 Å². The lowest BCUT2D eigenvalue weighted by atomic mass is 9.96. The maximum Gasteiger partial charge on any atom is 0.260 e. The summed E-state index contributed by atoms with van der Waals surface area (Å²) in [6, 6.07) is 5.92. The minimum atomic E-state index is -0.212. The molecule has 3 rings (SSSR count). The zero-order valence-electron chi connectivity index (χ0n) is 11.2. The standard InChI is InChI=1S/C12H15BN6/c1-10-4-7-17(14-10)13(18-8-5-11(2)15-18)19-9-6-12(3)16-19/h4-9H,1-3H3/q-1. The summed E-state index contributed by atoms with van der Waals surface area (Å²) in [6.07, 6.45) is 5.82. The van der Waals surface area contributed by atoms with E-state index in [1.165, 1.54) is 0 Å². The SMILES string of the molecule is Cc1ccn([B-](n2ccc(C)n2)n2ccc(C)n2)n1. The minimum Gasteiger partial charge on any atom is -0.425 e. The Morgan fingerprint density at radius 1 is 0.684 bits per heavy atom.